The van der Waals surface area contributed by atoms with Gasteiger partial charge >= 0.3 is 5.97 Å². The lowest BCUT2D eigenvalue weighted by molar-refractivity contribution is -0.141. The largest absolute Gasteiger partial charge is 0.480 e. The van der Waals surface area contributed by atoms with Crippen molar-refractivity contribution in [3.63, 3.8) is 0 Å². The summed E-state index contributed by atoms with van der Waals surface area (Å²) in [6, 6.07) is -0.00370. The van der Waals surface area contributed by atoms with Gasteiger partial charge in [-0.25, -0.2) is 0 Å². The Balaban J connectivity index is 0.000000211. The highest BCUT2D eigenvalue weighted by molar-refractivity contribution is 5.80. The van der Waals surface area contributed by atoms with Gasteiger partial charge in [0.05, 0.1) is 6.04 Å². The summed E-state index contributed by atoms with van der Waals surface area (Å²) in [7, 11) is 5.80. The first-order valence-electron chi connectivity index (χ1n) is 7.10. The van der Waals surface area contributed by atoms with Gasteiger partial charge in [-0.15, -0.1) is 0 Å². The van der Waals surface area contributed by atoms with Crippen molar-refractivity contribution in [2.45, 2.75) is 37.0 Å². The van der Waals surface area contributed by atoms with Crippen LogP contribution in [0.1, 0.15) is 12.8 Å². The van der Waals surface area contributed by atoms with Crippen LogP contribution in [-0.2, 0) is 9.59 Å². The third-order valence-corrected chi connectivity index (χ3v) is 4.05. The molecule has 2 aliphatic heterocycles. The highest BCUT2D eigenvalue weighted by Crippen LogP contribution is 2.13. The molecule has 2 fully saturated rings. The molecule has 2 saturated heterocycles. The number of carbonyl (C=O) groups is 2. The number of amides is 1. The fourth-order valence-corrected chi connectivity index (χ4v) is 2.65. The Labute approximate surface area is 125 Å². The van der Waals surface area contributed by atoms with E-state index >= 15 is 0 Å². The molecule has 4 atom stereocenters. The first-order valence-corrected chi connectivity index (χ1v) is 7.10. The minimum Gasteiger partial charge on any atom is -0.480 e. The standard InChI is InChI=1S/C7H15N3O.C6H12N2O2/c1-10(2)5-3-6(7(8)11)9-4-5;1-8-3-4(7)2-5(8)6(9)10/h5-6,9H,3-4H2,1-2H3,(H2,8,11);4-5H,2-3,7H2,1H3,(H,9,10)/t5-,6-;4-,5-/m00/s1. The lowest BCUT2D eigenvalue weighted by atomic mass is 10.1. The number of rotatable bonds is 3. The van der Waals surface area contributed by atoms with Gasteiger partial charge < -0.3 is 26.8 Å². The summed E-state index contributed by atoms with van der Waals surface area (Å²) in [6.45, 7) is 1.55. The van der Waals surface area contributed by atoms with Crippen molar-refractivity contribution in [3.05, 3.63) is 0 Å². The number of carboxylic acids is 1. The molecule has 21 heavy (non-hydrogen) atoms. The molecule has 0 saturated carbocycles. The lowest BCUT2D eigenvalue weighted by Gasteiger charge is -2.16. The first kappa shape index (κ1) is 17.8. The predicted octanol–water partition coefficient (Wildman–Crippen LogP) is -2.13. The zero-order chi connectivity index (χ0) is 16.2. The van der Waals surface area contributed by atoms with Crippen LogP contribution in [0, 0.1) is 0 Å². The number of hydrogen-bond acceptors (Lipinski definition) is 6. The zero-order valence-corrected chi connectivity index (χ0v) is 13.0. The number of primary amides is 1. The summed E-state index contributed by atoms with van der Waals surface area (Å²) < 4.78 is 0. The molecule has 0 spiro atoms. The van der Waals surface area contributed by atoms with Crippen LogP contribution in [0.3, 0.4) is 0 Å². The van der Waals surface area contributed by atoms with Crippen LogP contribution in [0.15, 0.2) is 0 Å². The average molecular weight is 301 g/mol. The molecule has 122 valence electrons. The van der Waals surface area contributed by atoms with E-state index < -0.39 is 5.97 Å². The van der Waals surface area contributed by atoms with E-state index in [1.165, 1.54) is 0 Å². The van der Waals surface area contributed by atoms with Crippen LogP contribution >= 0.6 is 0 Å². The lowest BCUT2D eigenvalue weighted by Crippen LogP contribution is -2.36. The molecule has 6 N–H and O–H groups in total. The third kappa shape index (κ3) is 5.24. The maximum Gasteiger partial charge on any atom is 0.320 e. The van der Waals surface area contributed by atoms with Crippen LogP contribution in [0.2, 0.25) is 0 Å². The van der Waals surface area contributed by atoms with Crippen molar-refractivity contribution < 1.29 is 14.7 Å². The molecule has 0 aromatic heterocycles. The fourth-order valence-electron chi connectivity index (χ4n) is 2.65. The molecule has 2 aliphatic rings. The minimum absolute atomic E-state index is 0.0334. The van der Waals surface area contributed by atoms with Gasteiger partial charge in [-0.2, -0.15) is 0 Å². The summed E-state index contributed by atoms with van der Waals surface area (Å²) in [5, 5.41) is 11.7. The molecule has 2 heterocycles. The summed E-state index contributed by atoms with van der Waals surface area (Å²) in [5.41, 5.74) is 10.7. The minimum atomic E-state index is -0.768. The Hall–Kier alpha value is -1.22. The number of likely N-dealkylation sites (tertiary alicyclic amines) is 1. The molecule has 0 aromatic rings. The Morgan fingerprint density at radius 3 is 2.19 bits per heavy atom. The van der Waals surface area contributed by atoms with Crippen molar-refractivity contribution in [3.8, 4) is 0 Å². The van der Waals surface area contributed by atoms with E-state index in [4.69, 9.17) is 16.6 Å². The van der Waals surface area contributed by atoms with Gasteiger partial charge in [0.25, 0.3) is 0 Å². The summed E-state index contributed by atoms with van der Waals surface area (Å²) in [5.74, 6) is -1.01. The van der Waals surface area contributed by atoms with Crippen LogP contribution in [0.25, 0.3) is 0 Å². The number of nitrogens with one attached hydrogen (secondary N) is 1. The number of hydrogen-bond donors (Lipinski definition) is 4. The molecule has 0 aliphatic carbocycles. The van der Waals surface area contributed by atoms with E-state index in [1.807, 2.05) is 14.1 Å². The number of carbonyl (C=O) groups excluding carboxylic acids is 1. The Morgan fingerprint density at radius 2 is 1.95 bits per heavy atom. The average Bonchev–Trinajstić information content (AvgIpc) is 2.96. The second-order valence-corrected chi connectivity index (χ2v) is 6.01. The van der Waals surface area contributed by atoms with Crippen molar-refractivity contribution in [1.29, 1.82) is 0 Å². The second kappa shape index (κ2) is 7.69. The van der Waals surface area contributed by atoms with Gasteiger partial charge in [0.1, 0.15) is 6.04 Å². The quantitative estimate of drug-likeness (QED) is 0.469. The van der Waals surface area contributed by atoms with Crippen molar-refractivity contribution >= 4 is 11.9 Å². The van der Waals surface area contributed by atoms with E-state index in [0.717, 1.165) is 13.0 Å². The summed E-state index contributed by atoms with van der Waals surface area (Å²) >= 11 is 0. The molecule has 1 amide bonds. The Morgan fingerprint density at radius 1 is 1.33 bits per heavy atom. The molecule has 8 heteroatoms. The normalized spacial score (nSPS) is 32.8. The van der Waals surface area contributed by atoms with E-state index in [-0.39, 0.29) is 24.0 Å². The first-order chi connectivity index (χ1) is 9.72. The number of aliphatic carboxylic acids is 1. The van der Waals surface area contributed by atoms with Crippen LogP contribution in [-0.4, -0.2) is 85.2 Å². The predicted molar refractivity (Wildman–Crippen MR) is 79.7 cm³/mol. The molecule has 0 unspecified atom stereocenters. The third-order valence-electron chi connectivity index (χ3n) is 4.05. The molecule has 2 rings (SSSR count). The Kier molecular flexibility index (Phi) is 6.53. The molecular formula is C13H27N5O3. The van der Waals surface area contributed by atoms with Gasteiger partial charge in [-0.3, -0.25) is 14.5 Å². The maximum atomic E-state index is 10.7. The zero-order valence-electron chi connectivity index (χ0n) is 13.0. The van der Waals surface area contributed by atoms with Crippen molar-refractivity contribution in [2.75, 3.05) is 34.2 Å². The molecular weight excluding hydrogens is 274 g/mol. The topological polar surface area (TPSA) is 125 Å². The van der Waals surface area contributed by atoms with Gasteiger partial charge in [0, 0.05) is 25.2 Å². The maximum absolute atomic E-state index is 10.7. The SMILES string of the molecule is CN(C)[C@@H]1CN[C@H](C(N)=O)C1.CN1C[C@@H](N)C[C@H]1C(=O)O. The van der Waals surface area contributed by atoms with E-state index in [2.05, 4.69) is 10.2 Å². The second-order valence-electron chi connectivity index (χ2n) is 6.01. The van der Waals surface area contributed by atoms with Crippen LogP contribution < -0.4 is 16.8 Å². The van der Waals surface area contributed by atoms with Crippen molar-refractivity contribution in [2.24, 2.45) is 11.5 Å². The van der Waals surface area contributed by atoms with Gasteiger partial charge in [-0.05, 0) is 34.0 Å². The number of likely N-dealkylation sites (N-methyl/N-ethyl adjacent to an activating group) is 2. The highest BCUT2D eigenvalue weighted by atomic mass is 16.4. The van der Waals surface area contributed by atoms with E-state index in [9.17, 15) is 9.59 Å². The van der Waals surface area contributed by atoms with Gasteiger partial charge in [-0.1, -0.05) is 0 Å². The monoisotopic (exact) mass is 301 g/mol. The molecule has 0 radical (unpaired) electrons. The van der Waals surface area contributed by atoms with Gasteiger partial charge in [0.2, 0.25) is 5.91 Å². The smallest absolute Gasteiger partial charge is 0.320 e. The van der Waals surface area contributed by atoms with E-state index in [0.29, 0.717) is 19.0 Å². The van der Waals surface area contributed by atoms with Crippen LogP contribution in [0.4, 0.5) is 0 Å². The van der Waals surface area contributed by atoms with Gasteiger partial charge in [0.15, 0.2) is 0 Å². The van der Waals surface area contributed by atoms with Crippen molar-refractivity contribution in [1.82, 2.24) is 15.1 Å². The highest BCUT2D eigenvalue weighted by Gasteiger charge is 2.32. The summed E-state index contributed by atoms with van der Waals surface area (Å²) in [6.07, 6.45) is 1.41. The summed E-state index contributed by atoms with van der Waals surface area (Å²) in [4.78, 5) is 25.0. The van der Waals surface area contributed by atoms with Crippen LogP contribution in [0.5, 0.6) is 0 Å². The molecule has 0 aromatic carbocycles. The fraction of sp³-hybridized carbons (Fsp3) is 0.846. The Bertz CT molecular complexity index is 377. The number of nitrogens with two attached hydrogens (primary N) is 2. The van der Waals surface area contributed by atoms with E-state index in [1.54, 1.807) is 11.9 Å². The molecule has 0 bridgehead atoms. The number of nitrogens with zero attached hydrogens (tertiary/aromatic N) is 2. The molecule has 8 nitrogen and oxygen atoms in total. The number of carboxylic acid groups (broad SMARTS) is 1.